The van der Waals surface area contributed by atoms with Gasteiger partial charge >= 0.3 is 0 Å². The first-order chi connectivity index (χ1) is 16.1. The number of rotatable bonds is 7. The predicted octanol–water partition coefficient (Wildman–Crippen LogP) is 6.87. The Balaban J connectivity index is 2.80. The maximum atomic E-state index is 10.6. The van der Waals surface area contributed by atoms with Crippen molar-refractivity contribution in [3.8, 4) is 23.7 Å². The first kappa shape index (κ1) is 31.3. The van der Waals surface area contributed by atoms with E-state index >= 15 is 0 Å². The summed E-state index contributed by atoms with van der Waals surface area (Å²) in [6.45, 7) is 33.1. The van der Waals surface area contributed by atoms with Crippen molar-refractivity contribution in [2.75, 3.05) is 0 Å². The molecule has 0 saturated carbocycles. The number of aliphatic hydroxyl groups excluding tert-OH is 1. The lowest BCUT2D eigenvalue weighted by molar-refractivity contribution is -0.0499. The molecular weight excluding hydrogens is 497 g/mol. The third-order valence-electron chi connectivity index (χ3n) is 8.07. The molecule has 0 radical (unpaired) electrons. The largest absolute Gasteiger partial charge is 0.408 e. The molecule has 0 bridgehead atoms. The van der Waals surface area contributed by atoms with E-state index in [0.29, 0.717) is 6.42 Å². The third-order valence-corrected chi connectivity index (χ3v) is 18.0. The fourth-order valence-corrected chi connectivity index (χ4v) is 7.85. The predicted molar refractivity (Wildman–Crippen MR) is 159 cm³/mol. The summed E-state index contributed by atoms with van der Waals surface area (Å²) in [5.41, 5.74) is 0.0237. The molecule has 0 aromatic heterocycles. The van der Waals surface area contributed by atoms with Gasteiger partial charge in [0.15, 0.2) is 25.0 Å². The minimum absolute atomic E-state index is 0.0115. The summed E-state index contributed by atoms with van der Waals surface area (Å²) >= 11 is 0. The molecule has 2 aliphatic carbocycles. The normalized spacial score (nSPS) is 29.4. The second-order valence-electron chi connectivity index (χ2n) is 14.3. The fraction of sp³-hybridized carbons (Fsp3) is 0.724. The Morgan fingerprint density at radius 1 is 0.944 bits per heavy atom. The van der Waals surface area contributed by atoms with Gasteiger partial charge in [-0.3, -0.25) is 0 Å². The molecule has 0 spiro atoms. The van der Waals surface area contributed by atoms with E-state index in [1.165, 1.54) is 0 Å². The molecule has 2 unspecified atom stereocenters. The standard InChI is InChI=1S/C29H50O4Si3/c1-15-22-18-19-23-21-25(31-35(11,12)27(2,3)4)26(32-36(13,14)28(5,6)7)29(23,33-34(8,9)10)20-16-17-24(22)30/h15,21-22,24-26,30H,1,20H2,2-14H3/t22?,24?,25-,26+,29+/m1/s1. The van der Waals surface area contributed by atoms with Crippen LogP contribution in [0.4, 0.5) is 0 Å². The van der Waals surface area contributed by atoms with E-state index < -0.39 is 42.6 Å². The van der Waals surface area contributed by atoms with Crippen molar-refractivity contribution in [3.63, 3.8) is 0 Å². The van der Waals surface area contributed by atoms with Gasteiger partial charge < -0.3 is 18.4 Å². The Morgan fingerprint density at radius 3 is 1.94 bits per heavy atom. The van der Waals surface area contributed by atoms with Crippen LogP contribution in [0.3, 0.4) is 0 Å². The molecule has 0 saturated heterocycles. The fourth-order valence-electron chi connectivity index (χ4n) is 3.92. The van der Waals surface area contributed by atoms with Crippen LogP contribution in [0.25, 0.3) is 0 Å². The lowest BCUT2D eigenvalue weighted by Crippen LogP contribution is -2.60. The van der Waals surface area contributed by atoms with Gasteiger partial charge in [-0.1, -0.05) is 71.3 Å². The zero-order valence-corrected chi connectivity index (χ0v) is 28.1. The number of hydrogen-bond donors (Lipinski definition) is 1. The minimum Gasteiger partial charge on any atom is -0.408 e. The van der Waals surface area contributed by atoms with Gasteiger partial charge in [-0.2, -0.15) is 0 Å². The molecule has 2 rings (SSSR count). The molecule has 0 heterocycles. The van der Waals surface area contributed by atoms with Crippen LogP contribution < -0.4 is 0 Å². The molecule has 202 valence electrons. The van der Waals surface area contributed by atoms with Gasteiger partial charge in [0.1, 0.15) is 17.8 Å². The van der Waals surface area contributed by atoms with Crippen LogP contribution >= 0.6 is 0 Å². The highest BCUT2D eigenvalue weighted by atomic mass is 28.4. The molecule has 7 heteroatoms. The minimum atomic E-state index is -2.23. The molecule has 4 nitrogen and oxygen atoms in total. The summed E-state index contributed by atoms with van der Waals surface area (Å²) < 4.78 is 21.4. The van der Waals surface area contributed by atoms with Crippen LogP contribution in [0.5, 0.6) is 0 Å². The first-order valence-corrected chi connectivity index (χ1v) is 22.4. The number of fused-ring (bicyclic) bond motifs is 1. The summed E-state index contributed by atoms with van der Waals surface area (Å²) in [6.07, 6.45) is 2.68. The van der Waals surface area contributed by atoms with Gasteiger partial charge in [0, 0.05) is 12.0 Å². The first-order valence-electron chi connectivity index (χ1n) is 13.1. The maximum Gasteiger partial charge on any atom is 0.193 e. The van der Waals surface area contributed by atoms with E-state index in [2.05, 4.69) is 124 Å². The third kappa shape index (κ3) is 6.74. The van der Waals surface area contributed by atoms with Crippen molar-refractivity contribution in [1.82, 2.24) is 0 Å². The Kier molecular flexibility index (Phi) is 8.99. The highest BCUT2D eigenvalue weighted by Crippen LogP contribution is 2.49. The van der Waals surface area contributed by atoms with Crippen molar-refractivity contribution < 1.29 is 18.4 Å². The van der Waals surface area contributed by atoms with E-state index in [0.717, 1.165) is 5.57 Å². The molecule has 1 N–H and O–H groups in total. The SMILES string of the molecule is C=CC1C#CC2=C[C@@H](O[Si](C)(C)C(C)(C)C)[C@H](O[Si](C)(C)C(C)(C)C)[C@]2(O[Si](C)(C)C)CC#CC1O. The summed E-state index contributed by atoms with van der Waals surface area (Å²) in [5, 5.41) is 10.6. The molecule has 0 fully saturated rings. The molecule has 0 amide bonds. The van der Waals surface area contributed by atoms with Crippen molar-refractivity contribution in [3.05, 3.63) is 24.3 Å². The van der Waals surface area contributed by atoms with Gasteiger partial charge in [-0.15, -0.1) is 6.58 Å². The zero-order chi connectivity index (χ0) is 28.0. The molecule has 5 atom stereocenters. The van der Waals surface area contributed by atoms with E-state index in [-0.39, 0.29) is 22.3 Å². The van der Waals surface area contributed by atoms with Crippen LogP contribution in [0, 0.1) is 29.6 Å². The van der Waals surface area contributed by atoms with Crippen molar-refractivity contribution >= 4 is 25.0 Å². The van der Waals surface area contributed by atoms with E-state index in [9.17, 15) is 5.11 Å². The molecule has 0 aromatic rings. The van der Waals surface area contributed by atoms with Crippen molar-refractivity contribution in [2.24, 2.45) is 5.92 Å². The summed E-state index contributed by atoms with van der Waals surface area (Å²) in [5.74, 6) is 12.5. The van der Waals surface area contributed by atoms with E-state index in [1.807, 2.05) is 0 Å². The van der Waals surface area contributed by atoms with Crippen LogP contribution in [-0.2, 0) is 13.3 Å². The topological polar surface area (TPSA) is 47.9 Å². The van der Waals surface area contributed by atoms with Crippen LogP contribution in [0.15, 0.2) is 24.3 Å². The van der Waals surface area contributed by atoms with Crippen LogP contribution in [0.1, 0.15) is 48.0 Å². The van der Waals surface area contributed by atoms with E-state index in [1.54, 1.807) is 6.08 Å². The Hall–Kier alpha value is -0.909. The van der Waals surface area contributed by atoms with Crippen LogP contribution in [0.2, 0.25) is 55.9 Å². The Bertz CT molecular complexity index is 986. The lowest BCUT2D eigenvalue weighted by Gasteiger charge is -2.48. The molecular formula is C29H50O4Si3. The number of aliphatic hydroxyl groups is 1. The highest BCUT2D eigenvalue weighted by molar-refractivity contribution is 6.74. The van der Waals surface area contributed by atoms with Gasteiger partial charge in [0.2, 0.25) is 0 Å². The van der Waals surface area contributed by atoms with E-state index in [4.69, 9.17) is 13.3 Å². The average Bonchev–Trinajstić information content (AvgIpc) is 2.93. The van der Waals surface area contributed by atoms with Gasteiger partial charge in [-0.25, -0.2) is 0 Å². The Labute approximate surface area is 224 Å². The zero-order valence-electron chi connectivity index (χ0n) is 25.1. The Morgan fingerprint density at radius 2 is 1.47 bits per heavy atom. The quantitative estimate of drug-likeness (QED) is 0.215. The summed E-state index contributed by atoms with van der Waals surface area (Å²) in [7, 11) is -6.47. The van der Waals surface area contributed by atoms with Gasteiger partial charge in [0.25, 0.3) is 0 Å². The van der Waals surface area contributed by atoms with Crippen LogP contribution in [-0.4, -0.2) is 54.0 Å². The second-order valence-corrected chi connectivity index (χ2v) is 28.2. The summed E-state index contributed by atoms with van der Waals surface area (Å²) in [6, 6.07) is 0. The maximum absolute atomic E-state index is 10.6. The second kappa shape index (κ2) is 10.3. The molecule has 2 aliphatic rings. The van der Waals surface area contributed by atoms with Gasteiger partial charge in [-0.05, 0) is 62.0 Å². The highest BCUT2D eigenvalue weighted by Gasteiger charge is 2.58. The van der Waals surface area contributed by atoms with Gasteiger partial charge in [0.05, 0.1) is 12.0 Å². The lowest BCUT2D eigenvalue weighted by atomic mass is 9.89. The van der Waals surface area contributed by atoms with Crippen molar-refractivity contribution in [2.45, 2.75) is 128 Å². The summed E-state index contributed by atoms with van der Waals surface area (Å²) in [4.78, 5) is 0. The van der Waals surface area contributed by atoms with Crippen molar-refractivity contribution in [1.29, 1.82) is 0 Å². The monoisotopic (exact) mass is 546 g/mol. The average molecular weight is 547 g/mol. The molecule has 0 aromatic carbocycles. The smallest absolute Gasteiger partial charge is 0.193 e. The number of hydrogen-bond acceptors (Lipinski definition) is 4. The molecule has 0 aliphatic heterocycles. The molecule has 36 heavy (non-hydrogen) atoms.